The summed E-state index contributed by atoms with van der Waals surface area (Å²) in [4.78, 5) is 6.83. The van der Waals surface area contributed by atoms with Crippen molar-refractivity contribution in [1.82, 2.24) is 20.0 Å². The molecule has 6 heteroatoms. The van der Waals surface area contributed by atoms with E-state index in [9.17, 15) is 0 Å². The third-order valence-electron chi connectivity index (χ3n) is 3.98. The topological polar surface area (TPSA) is 45.5 Å². The average Bonchev–Trinajstić information content (AvgIpc) is 2.96. The number of nitrogens with zero attached hydrogens (tertiary/aromatic N) is 4. The summed E-state index contributed by atoms with van der Waals surface area (Å²) < 4.78 is 1.91. The Kier molecular flexibility index (Phi) is 7.15. The molecule has 126 valence electrons. The van der Waals surface area contributed by atoms with Crippen LogP contribution in [-0.2, 0) is 13.6 Å². The van der Waals surface area contributed by atoms with E-state index in [0.29, 0.717) is 12.0 Å². The van der Waals surface area contributed by atoms with Gasteiger partial charge in [0.25, 0.3) is 0 Å². The van der Waals surface area contributed by atoms with Crippen LogP contribution in [0.4, 0.5) is 0 Å². The van der Waals surface area contributed by atoms with Crippen LogP contribution in [0.1, 0.15) is 51.3 Å². The van der Waals surface area contributed by atoms with Crippen LogP contribution in [0.3, 0.4) is 0 Å². The van der Waals surface area contributed by atoms with E-state index < -0.39 is 0 Å². The fourth-order valence-electron chi connectivity index (χ4n) is 2.61. The van der Waals surface area contributed by atoms with Gasteiger partial charge in [0, 0.05) is 45.0 Å². The molecule has 0 aliphatic heterocycles. The van der Waals surface area contributed by atoms with Gasteiger partial charge in [-0.25, -0.2) is 0 Å². The third kappa shape index (κ3) is 4.86. The highest BCUT2D eigenvalue weighted by Gasteiger charge is 2.33. The first kappa shape index (κ1) is 19.3. The molecular weight excluding hydrogens is 389 g/mol. The quantitative estimate of drug-likeness (QED) is 0.454. The van der Waals surface area contributed by atoms with Crippen LogP contribution < -0.4 is 5.32 Å². The van der Waals surface area contributed by atoms with E-state index in [0.717, 1.165) is 25.0 Å². The van der Waals surface area contributed by atoms with Crippen LogP contribution in [0.25, 0.3) is 0 Å². The molecular formula is C16H30IN5. The zero-order valence-corrected chi connectivity index (χ0v) is 17.0. The molecule has 1 aliphatic rings. The lowest BCUT2D eigenvalue weighted by molar-refractivity contribution is 0.470. The van der Waals surface area contributed by atoms with Gasteiger partial charge in [0.2, 0.25) is 0 Å². The minimum absolute atomic E-state index is 0. The molecule has 0 bridgehead atoms. The van der Waals surface area contributed by atoms with Crippen LogP contribution >= 0.6 is 24.0 Å². The molecule has 0 saturated heterocycles. The lowest BCUT2D eigenvalue weighted by Crippen LogP contribution is -2.40. The van der Waals surface area contributed by atoms with Crippen LogP contribution in [0, 0.1) is 5.92 Å². The van der Waals surface area contributed by atoms with Gasteiger partial charge in [-0.05, 0) is 25.2 Å². The molecule has 2 atom stereocenters. The van der Waals surface area contributed by atoms with Gasteiger partial charge in [-0.3, -0.25) is 9.67 Å². The molecule has 0 aromatic carbocycles. The molecule has 2 rings (SSSR count). The molecule has 0 amide bonds. The van der Waals surface area contributed by atoms with E-state index in [4.69, 9.17) is 0 Å². The number of nitrogens with one attached hydrogen (secondary N) is 1. The summed E-state index contributed by atoms with van der Waals surface area (Å²) in [6.45, 7) is 10.4. The van der Waals surface area contributed by atoms with Crippen molar-refractivity contribution in [3.63, 3.8) is 0 Å². The molecule has 1 aromatic heterocycles. The third-order valence-corrected chi connectivity index (χ3v) is 3.98. The highest BCUT2D eigenvalue weighted by atomic mass is 127. The lowest BCUT2D eigenvalue weighted by atomic mass is 10.1. The van der Waals surface area contributed by atoms with Gasteiger partial charge >= 0.3 is 0 Å². The Bertz CT molecular complexity index is 509. The van der Waals surface area contributed by atoms with E-state index in [1.165, 1.54) is 17.7 Å². The summed E-state index contributed by atoms with van der Waals surface area (Å²) in [5.41, 5.74) is 2.46. The van der Waals surface area contributed by atoms with E-state index in [-0.39, 0.29) is 24.0 Å². The van der Waals surface area contributed by atoms with Crippen molar-refractivity contribution in [3.8, 4) is 0 Å². The molecule has 1 aromatic rings. The number of aryl methyl sites for hydroxylation is 1. The summed E-state index contributed by atoms with van der Waals surface area (Å²) in [6.07, 6.45) is 3.37. The smallest absolute Gasteiger partial charge is 0.194 e. The standard InChI is InChI=1S/C16H29N5.HI/c1-7-17-16(18-14-8-12(14)4)20(5)9-13-10-21(6)19-15(13)11(2)3;/h10-12,14H,7-9H2,1-6H3,(H,17,18);1H. The van der Waals surface area contributed by atoms with Crippen molar-refractivity contribution in [2.75, 3.05) is 13.6 Å². The van der Waals surface area contributed by atoms with Gasteiger partial charge in [0.1, 0.15) is 0 Å². The number of aromatic nitrogens is 2. The lowest BCUT2D eigenvalue weighted by Gasteiger charge is -2.23. The van der Waals surface area contributed by atoms with Crippen LogP contribution in [0.2, 0.25) is 0 Å². The second kappa shape index (κ2) is 8.17. The number of halogens is 1. The molecule has 5 nitrogen and oxygen atoms in total. The Morgan fingerprint density at radius 1 is 1.55 bits per heavy atom. The first-order valence-electron chi connectivity index (χ1n) is 7.96. The van der Waals surface area contributed by atoms with Crippen LogP contribution in [0.15, 0.2) is 11.2 Å². The van der Waals surface area contributed by atoms with E-state index in [1.807, 2.05) is 11.7 Å². The summed E-state index contributed by atoms with van der Waals surface area (Å²) in [6, 6.07) is 0.594. The molecule has 0 spiro atoms. The highest BCUT2D eigenvalue weighted by Crippen LogP contribution is 2.29. The number of rotatable bonds is 5. The van der Waals surface area contributed by atoms with Gasteiger partial charge in [0.05, 0.1) is 5.69 Å². The monoisotopic (exact) mass is 419 g/mol. The Hall–Kier alpha value is -0.790. The van der Waals surface area contributed by atoms with Crippen molar-refractivity contribution in [3.05, 3.63) is 17.5 Å². The zero-order chi connectivity index (χ0) is 15.6. The molecule has 1 aliphatic carbocycles. The maximum atomic E-state index is 4.62. The fraction of sp³-hybridized carbons (Fsp3) is 0.750. The Morgan fingerprint density at radius 3 is 2.68 bits per heavy atom. The summed E-state index contributed by atoms with van der Waals surface area (Å²) in [7, 11) is 4.09. The Morgan fingerprint density at radius 2 is 2.18 bits per heavy atom. The second-order valence-corrected chi connectivity index (χ2v) is 6.49. The van der Waals surface area contributed by atoms with Gasteiger partial charge in [-0.2, -0.15) is 5.10 Å². The summed E-state index contributed by atoms with van der Waals surface area (Å²) in [5, 5.41) is 8.15. The van der Waals surface area contributed by atoms with Gasteiger partial charge in [-0.1, -0.05) is 20.8 Å². The SMILES string of the molecule is CCN=C(NC1CC1C)N(C)Cc1cn(C)nc1C(C)C.I. The number of aliphatic imine (C=N–C) groups is 1. The average molecular weight is 419 g/mol. The first-order valence-corrected chi connectivity index (χ1v) is 7.96. The summed E-state index contributed by atoms with van der Waals surface area (Å²) in [5.74, 6) is 2.22. The number of hydrogen-bond donors (Lipinski definition) is 1. The van der Waals surface area contributed by atoms with Gasteiger partial charge < -0.3 is 10.2 Å². The van der Waals surface area contributed by atoms with Crippen molar-refractivity contribution in [2.24, 2.45) is 18.0 Å². The van der Waals surface area contributed by atoms with Crippen LogP contribution in [0.5, 0.6) is 0 Å². The molecule has 1 fully saturated rings. The maximum absolute atomic E-state index is 4.62. The van der Waals surface area contributed by atoms with Crippen molar-refractivity contribution < 1.29 is 0 Å². The van der Waals surface area contributed by atoms with Crippen molar-refractivity contribution >= 4 is 29.9 Å². The molecule has 2 unspecified atom stereocenters. The predicted octanol–water partition coefficient (Wildman–Crippen LogP) is 2.97. The Labute approximate surface area is 151 Å². The van der Waals surface area contributed by atoms with Gasteiger partial charge in [0.15, 0.2) is 5.96 Å². The molecule has 1 N–H and O–H groups in total. The fourth-order valence-corrected chi connectivity index (χ4v) is 2.61. The maximum Gasteiger partial charge on any atom is 0.194 e. The van der Waals surface area contributed by atoms with Gasteiger partial charge in [-0.15, -0.1) is 24.0 Å². The van der Waals surface area contributed by atoms with E-state index in [1.54, 1.807) is 0 Å². The zero-order valence-electron chi connectivity index (χ0n) is 14.6. The van der Waals surface area contributed by atoms with Crippen molar-refractivity contribution in [2.45, 2.75) is 52.6 Å². The van der Waals surface area contributed by atoms with E-state index >= 15 is 0 Å². The number of guanidine groups is 1. The Balaban J connectivity index is 0.00000242. The number of hydrogen-bond acceptors (Lipinski definition) is 2. The first-order chi connectivity index (χ1) is 9.92. The van der Waals surface area contributed by atoms with Crippen LogP contribution in [-0.4, -0.2) is 40.3 Å². The van der Waals surface area contributed by atoms with E-state index in [2.05, 4.69) is 61.2 Å². The normalized spacial score (nSPS) is 20.8. The summed E-state index contributed by atoms with van der Waals surface area (Å²) >= 11 is 0. The highest BCUT2D eigenvalue weighted by molar-refractivity contribution is 14.0. The minimum Gasteiger partial charge on any atom is -0.353 e. The minimum atomic E-state index is 0. The molecule has 0 radical (unpaired) electrons. The molecule has 1 saturated carbocycles. The second-order valence-electron chi connectivity index (χ2n) is 6.49. The largest absolute Gasteiger partial charge is 0.353 e. The molecule has 1 heterocycles. The molecule has 22 heavy (non-hydrogen) atoms. The van der Waals surface area contributed by atoms with Crippen molar-refractivity contribution in [1.29, 1.82) is 0 Å². The predicted molar refractivity (Wildman–Crippen MR) is 103 cm³/mol.